The summed E-state index contributed by atoms with van der Waals surface area (Å²) in [6, 6.07) is 7.71. The van der Waals surface area contributed by atoms with E-state index in [4.69, 9.17) is 10.5 Å². The number of halogens is 1. The van der Waals surface area contributed by atoms with E-state index in [1.54, 1.807) is 0 Å². The lowest BCUT2D eigenvalue weighted by molar-refractivity contribution is -0.117. The van der Waals surface area contributed by atoms with Crippen molar-refractivity contribution < 1.29 is 9.53 Å². The molecule has 0 aliphatic heterocycles. The molecule has 4 nitrogen and oxygen atoms in total. The molecule has 1 amide bonds. The van der Waals surface area contributed by atoms with Crippen molar-refractivity contribution in [2.24, 2.45) is 11.7 Å². The number of nitrogens with one attached hydrogen (secondary N) is 1. The molecule has 2 rings (SSSR count). The first-order valence-electron chi connectivity index (χ1n) is 7.97. The molecular formula is C17H27ClN2O2. The Bertz CT molecular complexity index is 450. The first-order chi connectivity index (χ1) is 10.2. The molecule has 1 aromatic rings. The van der Waals surface area contributed by atoms with Gasteiger partial charge in [-0.05, 0) is 49.4 Å². The van der Waals surface area contributed by atoms with Crippen LogP contribution in [-0.2, 0) is 4.79 Å². The number of hydrogen-bond acceptors (Lipinski definition) is 3. The maximum Gasteiger partial charge on any atom is 0.224 e. The molecule has 1 aromatic carbocycles. The van der Waals surface area contributed by atoms with Crippen molar-refractivity contribution in [1.82, 2.24) is 0 Å². The molecule has 22 heavy (non-hydrogen) atoms. The van der Waals surface area contributed by atoms with E-state index < -0.39 is 0 Å². The normalized spacial score (nSPS) is 20.8. The zero-order chi connectivity index (χ0) is 15.1. The minimum atomic E-state index is 0. The van der Waals surface area contributed by atoms with Gasteiger partial charge in [0, 0.05) is 18.2 Å². The van der Waals surface area contributed by atoms with Gasteiger partial charge in [-0.1, -0.05) is 19.8 Å². The highest BCUT2D eigenvalue weighted by molar-refractivity contribution is 5.90. The summed E-state index contributed by atoms with van der Waals surface area (Å²) in [4.78, 5) is 12.1. The van der Waals surface area contributed by atoms with Crippen LogP contribution in [0.4, 0.5) is 5.69 Å². The summed E-state index contributed by atoms with van der Waals surface area (Å²) in [5, 5.41) is 2.94. The zero-order valence-electron chi connectivity index (χ0n) is 13.2. The molecule has 2 unspecified atom stereocenters. The average Bonchev–Trinajstić information content (AvgIpc) is 2.49. The van der Waals surface area contributed by atoms with E-state index in [-0.39, 0.29) is 24.4 Å². The third kappa shape index (κ3) is 5.85. The minimum absolute atomic E-state index is 0. The number of rotatable bonds is 6. The Hall–Kier alpha value is -1.26. The van der Waals surface area contributed by atoms with Gasteiger partial charge in [-0.2, -0.15) is 0 Å². The van der Waals surface area contributed by atoms with Crippen LogP contribution in [-0.4, -0.2) is 18.6 Å². The van der Waals surface area contributed by atoms with Gasteiger partial charge in [0.1, 0.15) is 5.75 Å². The molecular weight excluding hydrogens is 300 g/mol. The van der Waals surface area contributed by atoms with Gasteiger partial charge in [0.2, 0.25) is 5.91 Å². The quantitative estimate of drug-likeness (QED) is 0.837. The van der Waals surface area contributed by atoms with Crippen molar-refractivity contribution in [3.05, 3.63) is 24.3 Å². The van der Waals surface area contributed by atoms with Crippen LogP contribution in [0.25, 0.3) is 0 Å². The van der Waals surface area contributed by atoms with Crippen LogP contribution >= 0.6 is 12.4 Å². The fourth-order valence-electron chi connectivity index (χ4n) is 2.79. The number of carbonyl (C=O) groups is 1. The van der Waals surface area contributed by atoms with Gasteiger partial charge >= 0.3 is 0 Å². The van der Waals surface area contributed by atoms with Crippen LogP contribution in [0.3, 0.4) is 0 Å². The topological polar surface area (TPSA) is 64.3 Å². The summed E-state index contributed by atoms with van der Waals surface area (Å²) in [7, 11) is 0. The molecule has 0 spiro atoms. The molecule has 1 aliphatic rings. The molecule has 1 aliphatic carbocycles. The molecule has 5 heteroatoms. The Balaban J connectivity index is 0.00000242. The van der Waals surface area contributed by atoms with Crippen molar-refractivity contribution in [3.63, 3.8) is 0 Å². The number of benzene rings is 1. The smallest absolute Gasteiger partial charge is 0.224 e. The van der Waals surface area contributed by atoms with Crippen molar-refractivity contribution in [2.45, 2.75) is 51.5 Å². The number of amides is 1. The Kier molecular flexibility index (Phi) is 8.28. The lowest BCUT2D eigenvalue weighted by Crippen LogP contribution is -2.35. The lowest BCUT2D eigenvalue weighted by Gasteiger charge is -2.27. The first-order valence-corrected chi connectivity index (χ1v) is 7.97. The van der Waals surface area contributed by atoms with Gasteiger partial charge < -0.3 is 15.8 Å². The number of nitrogens with two attached hydrogens (primary N) is 1. The largest absolute Gasteiger partial charge is 0.494 e. The SMILES string of the molecule is CCCOc1ccc(NC(=O)CC2CCCCC2N)cc1.Cl. The Labute approximate surface area is 139 Å². The van der Waals surface area contributed by atoms with Crippen LogP contribution < -0.4 is 15.8 Å². The molecule has 0 aromatic heterocycles. The fourth-order valence-corrected chi connectivity index (χ4v) is 2.79. The first kappa shape index (κ1) is 18.8. The summed E-state index contributed by atoms with van der Waals surface area (Å²) in [5.74, 6) is 1.22. The Morgan fingerprint density at radius 3 is 2.59 bits per heavy atom. The van der Waals surface area contributed by atoms with Gasteiger partial charge in [-0.3, -0.25) is 4.79 Å². The predicted molar refractivity (Wildman–Crippen MR) is 92.7 cm³/mol. The average molecular weight is 327 g/mol. The molecule has 0 heterocycles. The fraction of sp³-hybridized carbons (Fsp3) is 0.588. The molecule has 0 saturated heterocycles. The maximum absolute atomic E-state index is 12.1. The van der Waals surface area contributed by atoms with Gasteiger partial charge in [0.15, 0.2) is 0 Å². The Morgan fingerprint density at radius 2 is 1.95 bits per heavy atom. The van der Waals surface area contributed by atoms with Gasteiger partial charge in [-0.25, -0.2) is 0 Å². The highest BCUT2D eigenvalue weighted by Gasteiger charge is 2.24. The molecule has 124 valence electrons. The summed E-state index contributed by atoms with van der Waals surface area (Å²) in [5.41, 5.74) is 6.90. The summed E-state index contributed by atoms with van der Waals surface area (Å²) < 4.78 is 5.52. The van der Waals surface area contributed by atoms with E-state index in [2.05, 4.69) is 12.2 Å². The van der Waals surface area contributed by atoms with E-state index in [0.717, 1.165) is 30.7 Å². The van der Waals surface area contributed by atoms with E-state index in [9.17, 15) is 4.79 Å². The van der Waals surface area contributed by atoms with E-state index in [0.29, 0.717) is 18.9 Å². The van der Waals surface area contributed by atoms with E-state index in [1.165, 1.54) is 12.8 Å². The van der Waals surface area contributed by atoms with Gasteiger partial charge in [0.25, 0.3) is 0 Å². The predicted octanol–water partition coefficient (Wildman–Crippen LogP) is 3.74. The molecule has 0 radical (unpaired) electrons. The zero-order valence-corrected chi connectivity index (χ0v) is 14.0. The third-order valence-electron chi connectivity index (χ3n) is 4.03. The van der Waals surface area contributed by atoms with Gasteiger partial charge in [0.05, 0.1) is 6.61 Å². The standard InChI is InChI=1S/C17H26N2O2.ClH/c1-2-11-21-15-9-7-14(8-10-15)19-17(20)12-13-5-3-4-6-16(13)18;/h7-10,13,16H,2-6,11-12,18H2,1H3,(H,19,20);1H. The molecule has 2 atom stereocenters. The summed E-state index contributed by atoms with van der Waals surface area (Å²) in [6.45, 7) is 2.79. The van der Waals surface area contributed by atoms with Crippen LogP contribution in [0.1, 0.15) is 45.4 Å². The summed E-state index contributed by atoms with van der Waals surface area (Å²) in [6.07, 6.45) is 6.00. The number of anilines is 1. The van der Waals surface area contributed by atoms with Crippen molar-refractivity contribution in [1.29, 1.82) is 0 Å². The maximum atomic E-state index is 12.1. The summed E-state index contributed by atoms with van der Waals surface area (Å²) >= 11 is 0. The monoisotopic (exact) mass is 326 g/mol. The van der Waals surface area contributed by atoms with Gasteiger partial charge in [-0.15, -0.1) is 12.4 Å². The molecule has 0 bridgehead atoms. The molecule has 1 fully saturated rings. The second-order valence-corrected chi connectivity index (χ2v) is 5.83. The van der Waals surface area contributed by atoms with Crippen LogP contribution in [0, 0.1) is 5.92 Å². The number of carbonyl (C=O) groups excluding carboxylic acids is 1. The Morgan fingerprint density at radius 1 is 1.27 bits per heavy atom. The molecule has 1 saturated carbocycles. The number of hydrogen-bond donors (Lipinski definition) is 2. The van der Waals surface area contributed by atoms with Crippen LogP contribution in [0.15, 0.2) is 24.3 Å². The van der Waals surface area contributed by atoms with E-state index in [1.807, 2.05) is 24.3 Å². The lowest BCUT2D eigenvalue weighted by atomic mass is 9.83. The van der Waals surface area contributed by atoms with Crippen LogP contribution in [0.5, 0.6) is 5.75 Å². The van der Waals surface area contributed by atoms with Crippen LogP contribution in [0.2, 0.25) is 0 Å². The second-order valence-electron chi connectivity index (χ2n) is 5.83. The number of ether oxygens (including phenoxy) is 1. The highest BCUT2D eigenvalue weighted by atomic mass is 35.5. The van der Waals surface area contributed by atoms with Crippen molar-refractivity contribution in [3.8, 4) is 5.75 Å². The second kappa shape index (κ2) is 9.70. The van der Waals surface area contributed by atoms with E-state index >= 15 is 0 Å². The van der Waals surface area contributed by atoms with Crippen molar-refractivity contribution >= 4 is 24.0 Å². The van der Waals surface area contributed by atoms with Crippen molar-refractivity contribution in [2.75, 3.05) is 11.9 Å². The molecule has 3 N–H and O–H groups in total. The highest BCUT2D eigenvalue weighted by Crippen LogP contribution is 2.26. The third-order valence-corrected chi connectivity index (χ3v) is 4.03. The minimum Gasteiger partial charge on any atom is -0.494 e.